The average molecular weight is 995 g/mol. The third kappa shape index (κ3) is 6.08. The van der Waals surface area contributed by atoms with Gasteiger partial charge in [0.25, 0.3) is 0 Å². The van der Waals surface area contributed by atoms with Crippen molar-refractivity contribution in [1.82, 2.24) is 47.4 Å². The smallest absolute Gasteiger partial charge is 0.242 e. The molecule has 0 aliphatic carbocycles. The Hall–Kier alpha value is -10.1. The Morgan fingerprint density at radius 3 is 1.11 bits per heavy atom. The van der Waals surface area contributed by atoms with E-state index in [-0.39, 0.29) is 0 Å². The first kappa shape index (κ1) is 42.4. The maximum atomic E-state index is 5.42. The largest absolute Gasteiger partial charge is 0.309 e. The van der Waals surface area contributed by atoms with E-state index in [1.165, 1.54) is 41.4 Å². The number of hydrogen-bond donors (Lipinski definition) is 0. The van der Waals surface area contributed by atoms with E-state index in [1.54, 1.807) is 0 Å². The van der Waals surface area contributed by atoms with E-state index in [9.17, 15) is 0 Å². The van der Waals surface area contributed by atoms with E-state index in [0.29, 0.717) is 29.3 Å². The van der Waals surface area contributed by atoms with Crippen LogP contribution in [-0.4, -0.2) is 47.4 Å². The van der Waals surface area contributed by atoms with Crippen LogP contribution in [0.3, 0.4) is 0 Å². The van der Waals surface area contributed by atoms with E-state index in [4.69, 9.17) is 24.9 Å². The van der Waals surface area contributed by atoms with Gasteiger partial charge in [-0.25, -0.2) is 19.1 Å². The summed E-state index contributed by atoms with van der Waals surface area (Å²) in [7, 11) is -2.08. The highest BCUT2D eigenvalue weighted by molar-refractivity contribution is 8.34. The molecule has 0 unspecified atom stereocenters. The van der Waals surface area contributed by atoms with Crippen LogP contribution in [0.4, 0.5) is 0 Å². The van der Waals surface area contributed by atoms with E-state index < -0.39 is 10.0 Å². The van der Waals surface area contributed by atoms with Crippen LogP contribution in [0.2, 0.25) is 0 Å². The third-order valence-corrected chi connectivity index (χ3v) is 18.8. The molecule has 10 aromatic carbocycles. The number of benzene rings is 10. The van der Waals surface area contributed by atoms with Crippen LogP contribution >= 0.6 is 10.0 Å². The minimum absolute atomic E-state index is 0.439. The highest BCUT2D eigenvalue weighted by atomic mass is 32.3. The zero-order chi connectivity index (χ0) is 49.9. The Labute approximate surface area is 436 Å². The quantitative estimate of drug-likeness (QED) is 0.151. The number of para-hydroxylation sites is 10. The van der Waals surface area contributed by atoms with Gasteiger partial charge in [0.2, 0.25) is 23.5 Å². The molecule has 16 rings (SSSR count). The van der Waals surface area contributed by atoms with Crippen molar-refractivity contribution in [3.63, 3.8) is 0 Å². The summed E-state index contributed by atoms with van der Waals surface area (Å²) in [6, 6.07) is 90.6. The molecule has 76 heavy (non-hydrogen) atoms. The molecule has 0 N–H and O–H groups in total. The minimum atomic E-state index is -2.08. The van der Waals surface area contributed by atoms with E-state index >= 15 is 0 Å². The average Bonchev–Trinajstić information content (AvgIpc) is 4.38. The Kier molecular flexibility index (Phi) is 9.18. The van der Waals surface area contributed by atoms with Crippen molar-refractivity contribution in [3.8, 4) is 29.0 Å². The van der Waals surface area contributed by atoms with Gasteiger partial charge in [0.05, 0.1) is 55.2 Å². The number of aromatic nitrogens is 10. The topological polar surface area (TPSA) is 88.1 Å². The molecule has 6 aromatic heterocycles. The summed E-state index contributed by atoms with van der Waals surface area (Å²) in [5.41, 5.74) is 11.9. The Morgan fingerprint density at radius 1 is 0.263 bits per heavy atom. The van der Waals surface area contributed by atoms with Gasteiger partial charge >= 0.3 is 0 Å². The Balaban J connectivity index is 0.921. The molecule has 0 amide bonds. The Morgan fingerprint density at radius 2 is 0.632 bits per heavy atom. The van der Waals surface area contributed by atoms with Gasteiger partial charge in [-0.3, -0.25) is 8.80 Å². The molecule has 0 atom stereocenters. The summed E-state index contributed by atoms with van der Waals surface area (Å²) in [6.07, 6.45) is 0. The van der Waals surface area contributed by atoms with Crippen molar-refractivity contribution >= 4 is 87.5 Å². The molecular weight excluding hydrogens is 953 g/mol. The lowest BCUT2D eigenvalue weighted by atomic mass is 10.2. The third-order valence-electron chi connectivity index (χ3n) is 14.9. The summed E-state index contributed by atoms with van der Waals surface area (Å²) in [4.78, 5) is 31.6. The second-order valence-corrected chi connectivity index (χ2v) is 22.1. The number of rotatable bonds is 8. The molecule has 0 aliphatic heterocycles. The van der Waals surface area contributed by atoms with Gasteiger partial charge in [0.15, 0.2) is 5.82 Å². The standard InChI is InChI=1S/C65H42N10S/c1-3-19-45(20-4-1)76(46-21-5-2-6-22-46,48-41-37-44(38-42-48)71-53-27-11-7-23-49(53)50-24-8-12-28-54(50)71)47-39-35-43(36-40-47)61-68-62(74-59-33-17-15-31-57(59)72-55-29-13-9-25-51(55)66-64(72)74)70-63(69-61)75-60-34-18-16-32-58(60)73-56-30-14-10-26-52(56)67-65(73)75/h1-42H. The molecule has 0 saturated carbocycles. The molecule has 0 radical (unpaired) electrons. The summed E-state index contributed by atoms with van der Waals surface area (Å²) in [5.74, 6) is 2.81. The van der Waals surface area contributed by atoms with Crippen LogP contribution in [-0.2, 0) is 0 Å². The zero-order valence-electron chi connectivity index (χ0n) is 40.6. The number of imidazole rings is 4. The van der Waals surface area contributed by atoms with Crippen LogP contribution in [0.1, 0.15) is 0 Å². The molecule has 358 valence electrons. The van der Waals surface area contributed by atoms with Gasteiger partial charge in [-0.1, -0.05) is 133 Å². The first-order chi connectivity index (χ1) is 37.7. The zero-order valence-corrected chi connectivity index (χ0v) is 41.4. The highest BCUT2D eigenvalue weighted by Crippen LogP contribution is 2.73. The predicted molar refractivity (Wildman–Crippen MR) is 306 cm³/mol. The molecule has 6 heterocycles. The summed E-state index contributed by atoms with van der Waals surface area (Å²) < 4.78 is 10.9. The number of hydrogen-bond acceptors (Lipinski definition) is 5. The van der Waals surface area contributed by atoms with Crippen molar-refractivity contribution in [2.24, 2.45) is 0 Å². The van der Waals surface area contributed by atoms with Crippen LogP contribution < -0.4 is 0 Å². The van der Waals surface area contributed by atoms with Crippen LogP contribution in [0.25, 0.3) is 106 Å². The van der Waals surface area contributed by atoms with Gasteiger partial charge in [-0.05, 0) is 121 Å². The first-order valence-electron chi connectivity index (χ1n) is 25.3. The van der Waals surface area contributed by atoms with Crippen molar-refractivity contribution in [2.75, 3.05) is 0 Å². The van der Waals surface area contributed by atoms with Gasteiger partial charge < -0.3 is 4.57 Å². The van der Waals surface area contributed by atoms with Gasteiger partial charge in [-0.15, -0.1) is 10.0 Å². The monoisotopic (exact) mass is 994 g/mol. The van der Waals surface area contributed by atoms with E-state index in [0.717, 1.165) is 55.4 Å². The summed E-state index contributed by atoms with van der Waals surface area (Å²) >= 11 is 0. The maximum Gasteiger partial charge on any atom is 0.242 e. The number of nitrogens with zero attached hydrogens (tertiary/aromatic N) is 10. The maximum absolute atomic E-state index is 5.42. The Bertz CT molecular complexity index is 4670. The molecule has 0 fully saturated rings. The van der Waals surface area contributed by atoms with Gasteiger partial charge in [0.1, 0.15) is 0 Å². The fraction of sp³-hybridized carbons (Fsp3) is 0. The van der Waals surface area contributed by atoms with Crippen molar-refractivity contribution in [2.45, 2.75) is 19.6 Å². The second-order valence-electron chi connectivity index (χ2n) is 19.0. The first-order valence-corrected chi connectivity index (χ1v) is 27.0. The minimum Gasteiger partial charge on any atom is -0.309 e. The molecular formula is C65H42N10S. The lowest BCUT2D eigenvalue weighted by Gasteiger charge is -2.42. The molecule has 0 spiro atoms. The van der Waals surface area contributed by atoms with Crippen LogP contribution in [0, 0.1) is 0 Å². The highest BCUT2D eigenvalue weighted by Gasteiger charge is 2.34. The van der Waals surface area contributed by atoms with Crippen molar-refractivity contribution < 1.29 is 0 Å². The normalized spacial score (nSPS) is 12.4. The fourth-order valence-electron chi connectivity index (χ4n) is 11.7. The van der Waals surface area contributed by atoms with Crippen LogP contribution in [0.5, 0.6) is 0 Å². The lowest BCUT2D eigenvalue weighted by molar-refractivity contribution is 0.877. The van der Waals surface area contributed by atoms with Gasteiger partial charge in [0, 0.05) is 41.6 Å². The molecule has 0 aliphatic rings. The SMILES string of the molecule is c1ccc(S(c2ccccc2)(c2ccc(-c3nc(-n4c5ccccc5n5c6ccccc6nc45)nc(-n4c5ccccc5n5c6ccccc6nc45)n3)cc2)c2ccc(-n3c4ccccc4c4ccccc43)cc2)cc1. The lowest BCUT2D eigenvalue weighted by Crippen LogP contribution is -2.11. The number of fused-ring (bicyclic) bond motifs is 13. The molecule has 11 heteroatoms. The van der Waals surface area contributed by atoms with Crippen molar-refractivity contribution in [3.05, 3.63) is 255 Å². The summed E-state index contributed by atoms with van der Waals surface area (Å²) in [5, 5.41) is 2.48. The fourth-order valence-corrected chi connectivity index (χ4v) is 15.5. The molecule has 0 bridgehead atoms. The summed E-state index contributed by atoms with van der Waals surface area (Å²) in [6.45, 7) is 0. The van der Waals surface area contributed by atoms with E-state index in [2.05, 4.69) is 241 Å². The molecule has 0 saturated heterocycles. The predicted octanol–water partition coefficient (Wildman–Crippen LogP) is 15.5. The van der Waals surface area contributed by atoms with Crippen molar-refractivity contribution in [1.29, 1.82) is 0 Å². The molecule has 10 nitrogen and oxygen atoms in total. The molecule has 16 aromatic rings. The second kappa shape index (κ2) is 16.5. The van der Waals surface area contributed by atoms with E-state index in [1.807, 2.05) is 36.4 Å². The van der Waals surface area contributed by atoms with Crippen LogP contribution in [0.15, 0.2) is 274 Å². The van der Waals surface area contributed by atoms with Gasteiger partial charge in [-0.2, -0.15) is 15.0 Å².